The third kappa shape index (κ3) is 2.31. The van der Waals surface area contributed by atoms with E-state index in [1.54, 1.807) is 0 Å². The molecule has 2 N–H and O–H groups in total. The van der Waals surface area contributed by atoms with Crippen molar-refractivity contribution in [3.05, 3.63) is 35.7 Å². The van der Waals surface area contributed by atoms with Crippen LogP contribution in [0.1, 0.15) is 6.92 Å². The standard InChI is InChI=1S/C9H9N2.Y/c1-4-9-5-7(2)6-11(10)8(9)3;/h1,5H,3,10H2,2H3;/q-1;. The van der Waals surface area contributed by atoms with Crippen LogP contribution in [-0.2, 0) is 32.7 Å². The first-order chi connectivity index (χ1) is 5.15. The molecule has 0 aromatic heterocycles. The van der Waals surface area contributed by atoms with Crippen LogP contribution in [0.25, 0.3) is 0 Å². The zero-order valence-electron chi connectivity index (χ0n) is 6.96. The van der Waals surface area contributed by atoms with Crippen LogP contribution >= 0.6 is 0 Å². The SMILES string of the molecule is C#CC1=CC(C)=[C-]N(N)C1=C.[Y]. The molecule has 1 heterocycles. The van der Waals surface area contributed by atoms with Gasteiger partial charge < -0.3 is 5.01 Å². The molecule has 59 valence electrons. The number of nitrogens with zero attached hydrogens (tertiary/aromatic N) is 1. The summed E-state index contributed by atoms with van der Waals surface area (Å²) in [7, 11) is 0. The van der Waals surface area contributed by atoms with Gasteiger partial charge in [0.1, 0.15) is 0 Å². The second-order valence-corrected chi connectivity index (χ2v) is 2.31. The molecule has 0 atom stereocenters. The molecule has 0 amide bonds. The molecule has 0 unspecified atom stereocenters. The quantitative estimate of drug-likeness (QED) is 0.384. The Hall–Kier alpha value is -0.356. The molecule has 0 saturated carbocycles. The van der Waals surface area contributed by atoms with Gasteiger partial charge in [0.2, 0.25) is 0 Å². The van der Waals surface area contributed by atoms with Crippen molar-refractivity contribution >= 4 is 0 Å². The average Bonchev–Trinajstić information content (AvgIpc) is 1.96. The van der Waals surface area contributed by atoms with Gasteiger partial charge in [0, 0.05) is 32.7 Å². The summed E-state index contributed by atoms with van der Waals surface area (Å²) in [6, 6.07) is 0. The summed E-state index contributed by atoms with van der Waals surface area (Å²) >= 11 is 0. The van der Waals surface area contributed by atoms with Crippen LogP contribution < -0.4 is 5.84 Å². The maximum absolute atomic E-state index is 5.50. The molecule has 0 aliphatic carbocycles. The Morgan fingerprint density at radius 1 is 1.75 bits per heavy atom. The van der Waals surface area contributed by atoms with Crippen LogP contribution in [0.5, 0.6) is 0 Å². The van der Waals surface area contributed by atoms with Gasteiger partial charge in [-0.05, 0) is 5.70 Å². The molecule has 12 heavy (non-hydrogen) atoms. The van der Waals surface area contributed by atoms with Crippen LogP contribution in [0.3, 0.4) is 0 Å². The van der Waals surface area contributed by atoms with Gasteiger partial charge in [0.25, 0.3) is 0 Å². The minimum Gasteiger partial charge on any atom is -0.394 e. The topological polar surface area (TPSA) is 29.3 Å². The normalized spacial score (nSPS) is 15.8. The molecular weight excluding hydrogens is 225 g/mol. The van der Waals surface area contributed by atoms with E-state index in [0.717, 1.165) is 5.57 Å². The van der Waals surface area contributed by atoms with E-state index in [1.807, 2.05) is 13.0 Å². The number of rotatable bonds is 0. The fourth-order valence-corrected chi connectivity index (χ4v) is 0.844. The number of allylic oxidation sites excluding steroid dienone is 3. The second-order valence-electron chi connectivity index (χ2n) is 2.31. The smallest absolute Gasteiger partial charge is 0 e. The summed E-state index contributed by atoms with van der Waals surface area (Å²) in [5.41, 5.74) is 2.23. The van der Waals surface area contributed by atoms with Crippen LogP contribution in [-0.4, -0.2) is 5.01 Å². The summed E-state index contributed by atoms with van der Waals surface area (Å²) in [5.74, 6) is 7.99. The van der Waals surface area contributed by atoms with Crippen molar-refractivity contribution in [3.8, 4) is 12.3 Å². The number of hydrogen-bond acceptors (Lipinski definition) is 2. The van der Waals surface area contributed by atoms with Crippen LogP contribution in [0.15, 0.2) is 29.5 Å². The fourth-order valence-electron chi connectivity index (χ4n) is 0.844. The molecule has 0 aromatic rings. The van der Waals surface area contributed by atoms with Gasteiger partial charge in [0.05, 0.1) is 0 Å². The molecule has 0 bridgehead atoms. The van der Waals surface area contributed by atoms with Gasteiger partial charge in [-0.25, -0.2) is 0 Å². The first kappa shape index (κ1) is 11.6. The molecule has 0 aromatic carbocycles. The van der Waals surface area contributed by atoms with E-state index in [2.05, 4.69) is 18.7 Å². The summed E-state index contributed by atoms with van der Waals surface area (Å²) in [4.78, 5) is 0. The van der Waals surface area contributed by atoms with Crippen molar-refractivity contribution in [1.29, 1.82) is 0 Å². The van der Waals surface area contributed by atoms with E-state index in [9.17, 15) is 0 Å². The first-order valence-electron chi connectivity index (χ1n) is 3.17. The van der Waals surface area contributed by atoms with Crippen LogP contribution in [0.4, 0.5) is 0 Å². The van der Waals surface area contributed by atoms with Gasteiger partial charge in [-0.1, -0.05) is 24.6 Å². The Labute approximate surface area is 98.0 Å². The number of terminal acetylenes is 1. The van der Waals surface area contributed by atoms with Crippen LogP contribution in [0, 0.1) is 18.5 Å². The zero-order chi connectivity index (χ0) is 8.43. The van der Waals surface area contributed by atoms with E-state index in [-0.39, 0.29) is 32.7 Å². The van der Waals surface area contributed by atoms with Crippen molar-refractivity contribution < 1.29 is 32.7 Å². The second kappa shape index (κ2) is 4.62. The number of hydrazine groups is 1. The minimum absolute atomic E-state index is 0. The molecule has 2 nitrogen and oxygen atoms in total. The maximum Gasteiger partial charge on any atom is 0 e. The van der Waals surface area contributed by atoms with Crippen molar-refractivity contribution in [1.82, 2.24) is 5.01 Å². The summed E-state index contributed by atoms with van der Waals surface area (Å²) in [6.07, 6.45) is 9.89. The minimum atomic E-state index is 0. The number of hydrogen-bond donors (Lipinski definition) is 1. The predicted octanol–water partition coefficient (Wildman–Crippen LogP) is 0.953. The van der Waals surface area contributed by atoms with Gasteiger partial charge in [-0.3, -0.25) is 5.84 Å². The summed E-state index contributed by atoms with van der Waals surface area (Å²) < 4.78 is 0. The van der Waals surface area contributed by atoms with E-state index in [4.69, 9.17) is 12.3 Å². The van der Waals surface area contributed by atoms with E-state index in [1.165, 1.54) is 5.01 Å². The predicted molar refractivity (Wildman–Crippen MR) is 44.5 cm³/mol. The van der Waals surface area contributed by atoms with Gasteiger partial charge in [0.15, 0.2) is 0 Å². The third-order valence-corrected chi connectivity index (χ3v) is 1.41. The van der Waals surface area contributed by atoms with Crippen molar-refractivity contribution in [3.63, 3.8) is 0 Å². The Morgan fingerprint density at radius 2 is 2.33 bits per heavy atom. The third-order valence-electron chi connectivity index (χ3n) is 1.41. The van der Waals surface area contributed by atoms with E-state index < -0.39 is 0 Å². The molecule has 1 radical (unpaired) electrons. The van der Waals surface area contributed by atoms with Crippen molar-refractivity contribution in [2.75, 3.05) is 0 Å². The summed E-state index contributed by atoms with van der Waals surface area (Å²) in [6.45, 7) is 5.57. The molecular formula is C9H9N2Y-. The van der Waals surface area contributed by atoms with Gasteiger partial charge >= 0.3 is 0 Å². The molecule has 1 rings (SSSR count). The zero-order valence-corrected chi connectivity index (χ0v) is 9.80. The monoisotopic (exact) mass is 234 g/mol. The molecule has 0 saturated heterocycles. The number of nitrogens with two attached hydrogens (primary N) is 1. The van der Waals surface area contributed by atoms with E-state index >= 15 is 0 Å². The van der Waals surface area contributed by atoms with E-state index in [0.29, 0.717) is 11.3 Å². The molecule has 0 spiro atoms. The molecule has 0 fully saturated rings. The molecule has 3 heteroatoms. The van der Waals surface area contributed by atoms with Crippen molar-refractivity contribution in [2.45, 2.75) is 6.92 Å². The Kier molecular flexibility index (Phi) is 4.48. The van der Waals surface area contributed by atoms with Crippen LogP contribution in [0.2, 0.25) is 0 Å². The van der Waals surface area contributed by atoms with Crippen molar-refractivity contribution in [2.24, 2.45) is 5.84 Å². The maximum atomic E-state index is 5.50. The average molecular weight is 234 g/mol. The van der Waals surface area contributed by atoms with Gasteiger partial charge in [-0.2, -0.15) is 0 Å². The first-order valence-corrected chi connectivity index (χ1v) is 3.17. The molecule has 1 aliphatic rings. The Morgan fingerprint density at radius 3 is 2.83 bits per heavy atom. The Balaban J connectivity index is 0.00000121. The Bertz CT molecular complexity index is 294. The summed E-state index contributed by atoms with van der Waals surface area (Å²) in [5, 5.41) is 1.31. The molecule has 1 aliphatic heterocycles. The largest absolute Gasteiger partial charge is 0.394 e. The fraction of sp³-hybridized carbons (Fsp3) is 0.111. The van der Waals surface area contributed by atoms with Gasteiger partial charge in [-0.15, -0.1) is 24.7 Å².